The average molecular weight is 440 g/mol. The molecule has 0 saturated carbocycles. The topological polar surface area (TPSA) is 71.5 Å². The van der Waals surface area contributed by atoms with Crippen LogP contribution in [0.25, 0.3) is 0 Å². The molecule has 0 fully saturated rings. The number of nitrogens with one attached hydrogen (secondary N) is 1. The molecule has 1 N–H and O–H groups in total. The number of rotatable bonds is 6. The Morgan fingerprint density at radius 1 is 1.16 bits per heavy atom. The van der Waals surface area contributed by atoms with E-state index in [9.17, 15) is 14.0 Å². The van der Waals surface area contributed by atoms with E-state index in [2.05, 4.69) is 10.3 Å². The van der Waals surface area contributed by atoms with Crippen molar-refractivity contribution in [2.75, 3.05) is 23.4 Å². The first-order valence-corrected chi connectivity index (χ1v) is 10.8. The number of aromatic nitrogens is 1. The summed E-state index contributed by atoms with van der Waals surface area (Å²) in [6, 6.07) is 14.0. The van der Waals surface area contributed by atoms with Gasteiger partial charge in [-0.1, -0.05) is 30.3 Å². The monoisotopic (exact) mass is 439 g/mol. The Morgan fingerprint density at radius 2 is 1.94 bits per heavy atom. The van der Waals surface area contributed by atoms with Gasteiger partial charge in [-0.25, -0.2) is 9.37 Å². The Kier molecular flexibility index (Phi) is 6.27. The Bertz CT molecular complexity index is 1110. The summed E-state index contributed by atoms with van der Waals surface area (Å²) in [7, 11) is 0. The molecule has 1 aromatic heterocycles. The fourth-order valence-corrected chi connectivity index (χ4v) is 4.43. The smallest absolute Gasteiger partial charge is 0.227 e. The summed E-state index contributed by atoms with van der Waals surface area (Å²) in [5.41, 5.74) is 2.07. The first-order valence-electron chi connectivity index (χ1n) is 10.0. The minimum Gasteiger partial charge on any atom is -0.490 e. The number of hydrogen-bond donors (Lipinski definition) is 1. The molecule has 0 aliphatic carbocycles. The molecule has 0 radical (unpaired) electrons. The third-order valence-corrected chi connectivity index (χ3v) is 6.12. The normalized spacial score (nSPS) is 12.8. The lowest BCUT2D eigenvalue weighted by Gasteiger charge is -2.29. The molecule has 31 heavy (non-hydrogen) atoms. The van der Waals surface area contributed by atoms with Crippen LogP contribution in [0.1, 0.15) is 29.0 Å². The number of para-hydroxylation sites is 2. The number of benzene rings is 2. The van der Waals surface area contributed by atoms with E-state index in [0.29, 0.717) is 36.0 Å². The highest BCUT2D eigenvalue weighted by atomic mass is 32.1. The van der Waals surface area contributed by atoms with Crippen LogP contribution in [0.3, 0.4) is 0 Å². The van der Waals surface area contributed by atoms with Crippen LogP contribution in [-0.2, 0) is 16.0 Å². The number of carbonyl (C=O) groups is 2. The maximum absolute atomic E-state index is 13.9. The van der Waals surface area contributed by atoms with E-state index in [-0.39, 0.29) is 30.5 Å². The van der Waals surface area contributed by atoms with E-state index in [1.807, 2.05) is 31.2 Å². The summed E-state index contributed by atoms with van der Waals surface area (Å²) in [6.45, 7) is 2.72. The van der Waals surface area contributed by atoms with Crippen molar-refractivity contribution in [3.8, 4) is 5.75 Å². The number of fused-ring (bicyclic) bond motifs is 1. The zero-order valence-corrected chi connectivity index (χ0v) is 17.9. The molecule has 0 saturated heterocycles. The molecular weight excluding hydrogens is 417 g/mol. The summed E-state index contributed by atoms with van der Waals surface area (Å²) in [6.07, 6.45) is 0.563. The van der Waals surface area contributed by atoms with Gasteiger partial charge in [0.2, 0.25) is 11.8 Å². The van der Waals surface area contributed by atoms with E-state index >= 15 is 0 Å². The number of carbonyl (C=O) groups excluding carboxylic acids is 2. The van der Waals surface area contributed by atoms with Gasteiger partial charge in [0.15, 0.2) is 5.13 Å². The van der Waals surface area contributed by atoms with Crippen LogP contribution in [0.5, 0.6) is 5.75 Å². The first-order chi connectivity index (χ1) is 15.0. The summed E-state index contributed by atoms with van der Waals surface area (Å²) >= 11 is 1.32. The lowest BCUT2D eigenvalue weighted by Crippen LogP contribution is -2.38. The minimum atomic E-state index is -0.277. The highest BCUT2D eigenvalue weighted by Gasteiger charge is 2.23. The van der Waals surface area contributed by atoms with Gasteiger partial charge in [0, 0.05) is 24.1 Å². The highest BCUT2D eigenvalue weighted by Crippen LogP contribution is 2.31. The summed E-state index contributed by atoms with van der Waals surface area (Å²) < 4.78 is 19.5. The number of halogens is 1. The standard InChI is InChI=1S/C23H22FN3O3S/c1-15-20(14-16-6-2-3-7-17(16)24)31-23(25-15)26-21(28)10-11-22(29)27-12-13-30-19-9-5-4-8-18(19)27/h2-9H,10-14H2,1H3,(H,25,26,28). The number of thiazole rings is 1. The molecule has 8 heteroatoms. The quantitative estimate of drug-likeness (QED) is 0.621. The Labute approximate surface area is 183 Å². The van der Waals surface area contributed by atoms with Crippen LogP contribution in [0, 0.1) is 12.7 Å². The molecule has 3 aromatic rings. The van der Waals surface area contributed by atoms with E-state index in [1.165, 1.54) is 17.4 Å². The van der Waals surface area contributed by atoms with Crippen molar-refractivity contribution in [3.63, 3.8) is 0 Å². The predicted molar refractivity (Wildman–Crippen MR) is 118 cm³/mol. The van der Waals surface area contributed by atoms with Crippen molar-refractivity contribution in [2.24, 2.45) is 0 Å². The van der Waals surface area contributed by atoms with Crippen LogP contribution in [0.2, 0.25) is 0 Å². The van der Waals surface area contributed by atoms with E-state index in [4.69, 9.17) is 4.74 Å². The lowest BCUT2D eigenvalue weighted by atomic mass is 10.1. The number of hydrogen-bond acceptors (Lipinski definition) is 5. The number of anilines is 2. The highest BCUT2D eigenvalue weighted by molar-refractivity contribution is 7.15. The second-order valence-corrected chi connectivity index (χ2v) is 8.29. The van der Waals surface area contributed by atoms with Gasteiger partial charge in [0.05, 0.1) is 17.9 Å². The molecule has 1 aliphatic heterocycles. The molecule has 2 amide bonds. The van der Waals surface area contributed by atoms with Crippen LogP contribution < -0.4 is 15.0 Å². The number of amides is 2. The number of aryl methyl sites for hydroxylation is 1. The Morgan fingerprint density at radius 3 is 2.77 bits per heavy atom. The summed E-state index contributed by atoms with van der Waals surface area (Å²) in [5.74, 6) is 0.0128. The van der Waals surface area contributed by atoms with Gasteiger partial charge in [-0.3, -0.25) is 9.59 Å². The van der Waals surface area contributed by atoms with E-state index < -0.39 is 0 Å². The van der Waals surface area contributed by atoms with Crippen molar-refractivity contribution in [1.29, 1.82) is 0 Å². The molecule has 0 atom stereocenters. The van der Waals surface area contributed by atoms with Gasteiger partial charge in [-0.2, -0.15) is 0 Å². The molecule has 4 rings (SSSR count). The molecule has 0 bridgehead atoms. The Hall–Kier alpha value is -3.26. The fourth-order valence-electron chi connectivity index (χ4n) is 3.43. The molecule has 0 unspecified atom stereocenters. The minimum absolute atomic E-state index is 0.0552. The molecule has 2 heterocycles. The van der Waals surface area contributed by atoms with Crippen LogP contribution >= 0.6 is 11.3 Å². The third kappa shape index (κ3) is 4.91. The van der Waals surface area contributed by atoms with Crippen molar-refractivity contribution >= 4 is 34.0 Å². The number of nitrogens with zero attached hydrogens (tertiary/aromatic N) is 2. The zero-order chi connectivity index (χ0) is 21.8. The second kappa shape index (κ2) is 9.26. The van der Waals surface area contributed by atoms with Crippen molar-refractivity contribution in [3.05, 3.63) is 70.5 Å². The SMILES string of the molecule is Cc1nc(NC(=O)CCC(=O)N2CCOc3ccccc32)sc1Cc1ccccc1F. The fraction of sp³-hybridized carbons (Fsp3) is 0.261. The summed E-state index contributed by atoms with van der Waals surface area (Å²) in [4.78, 5) is 32.0. The summed E-state index contributed by atoms with van der Waals surface area (Å²) in [5, 5.41) is 3.22. The average Bonchev–Trinajstić information content (AvgIpc) is 3.11. The van der Waals surface area contributed by atoms with Gasteiger partial charge >= 0.3 is 0 Å². The van der Waals surface area contributed by atoms with E-state index in [0.717, 1.165) is 16.3 Å². The molecule has 0 spiro atoms. The molecule has 2 aromatic carbocycles. The maximum atomic E-state index is 13.9. The van der Waals surface area contributed by atoms with Gasteiger partial charge < -0.3 is 15.0 Å². The molecular formula is C23H22FN3O3S. The zero-order valence-electron chi connectivity index (χ0n) is 17.1. The first kappa shape index (κ1) is 21.0. The van der Waals surface area contributed by atoms with Crippen LogP contribution in [0.4, 0.5) is 15.2 Å². The number of ether oxygens (including phenoxy) is 1. The van der Waals surface area contributed by atoms with Crippen LogP contribution in [0.15, 0.2) is 48.5 Å². The van der Waals surface area contributed by atoms with Gasteiger partial charge in [0.1, 0.15) is 18.2 Å². The van der Waals surface area contributed by atoms with Gasteiger partial charge in [-0.05, 0) is 30.7 Å². The lowest BCUT2D eigenvalue weighted by molar-refractivity contribution is -0.122. The van der Waals surface area contributed by atoms with Crippen molar-refractivity contribution < 1.29 is 18.7 Å². The third-order valence-electron chi connectivity index (χ3n) is 5.04. The van der Waals surface area contributed by atoms with Gasteiger partial charge in [-0.15, -0.1) is 11.3 Å². The van der Waals surface area contributed by atoms with Crippen LogP contribution in [-0.4, -0.2) is 29.9 Å². The largest absolute Gasteiger partial charge is 0.490 e. The second-order valence-electron chi connectivity index (χ2n) is 7.21. The predicted octanol–water partition coefficient (Wildman–Crippen LogP) is 4.33. The van der Waals surface area contributed by atoms with Crippen molar-refractivity contribution in [1.82, 2.24) is 4.98 Å². The maximum Gasteiger partial charge on any atom is 0.227 e. The molecule has 1 aliphatic rings. The Balaban J connectivity index is 1.34. The molecule has 160 valence electrons. The van der Waals surface area contributed by atoms with E-state index in [1.54, 1.807) is 23.1 Å². The van der Waals surface area contributed by atoms with Gasteiger partial charge in [0.25, 0.3) is 0 Å². The molecule has 6 nitrogen and oxygen atoms in total. The van der Waals surface area contributed by atoms with Crippen molar-refractivity contribution in [2.45, 2.75) is 26.2 Å².